The standard InChI is InChI=1S/C7H12N4O2/c1-3-5(8)6(12)10-7-9-4(2)11-13-7/h5H,3,8H2,1-2H3,(H,9,10,11,12). The Labute approximate surface area is 75.5 Å². The summed E-state index contributed by atoms with van der Waals surface area (Å²) in [5.41, 5.74) is 5.47. The fraction of sp³-hybridized carbons (Fsp3) is 0.571. The van der Waals surface area contributed by atoms with Gasteiger partial charge in [-0.3, -0.25) is 10.1 Å². The van der Waals surface area contributed by atoms with Crippen molar-refractivity contribution in [2.75, 3.05) is 5.32 Å². The van der Waals surface area contributed by atoms with Crippen LogP contribution in [0.2, 0.25) is 0 Å². The molecule has 1 amide bonds. The third-order valence-electron chi connectivity index (χ3n) is 1.53. The molecule has 0 bridgehead atoms. The van der Waals surface area contributed by atoms with E-state index in [1.807, 2.05) is 6.92 Å². The maximum absolute atomic E-state index is 11.2. The summed E-state index contributed by atoms with van der Waals surface area (Å²) in [6.07, 6.45) is 0.568. The average molecular weight is 184 g/mol. The van der Waals surface area contributed by atoms with Crippen molar-refractivity contribution in [1.82, 2.24) is 10.1 Å². The van der Waals surface area contributed by atoms with E-state index in [1.54, 1.807) is 6.92 Å². The topological polar surface area (TPSA) is 94.0 Å². The number of carbonyl (C=O) groups is 1. The molecule has 0 aromatic carbocycles. The first kappa shape index (κ1) is 9.66. The molecule has 0 aliphatic heterocycles. The third-order valence-corrected chi connectivity index (χ3v) is 1.53. The van der Waals surface area contributed by atoms with Crippen LogP contribution in [-0.2, 0) is 4.79 Å². The number of nitrogens with zero attached hydrogens (tertiary/aromatic N) is 2. The highest BCUT2D eigenvalue weighted by atomic mass is 16.5. The first-order valence-electron chi connectivity index (χ1n) is 4.00. The van der Waals surface area contributed by atoms with Gasteiger partial charge in [-0.15, -0.1) is 0 Å². The summed E-state index contributed by atoms with van der Waals surface area (Å²) in [5.74, 6) is 0.159. The quantitative estimate of drug-likeness (QED) is 0.692. The monoisotopic (exact) mass is 184 g/mol. The number of nitrogens with two attached hydrogens (primary N) is 1. The Kier molecular flexibility index (Phi) is 2.97. The van der Waals surface area contributed by atoms with Gasteiger partial charge in [0.05, 0.1) is 6.04 Å². The third kappa shape index (κ3) is 2.51. The molecule has 1 unspecified atom stereocenters. The van der Waals surface area contributed by atoms with Gasteiger partial charge < -0.3 is 10.3 Å². The summed E-state index contributed by atoms with van der Waals surface area (Å²) in [6.45, 7) is 3.49. The minimum absolute atomic E-state index is 0.0893. The summed E-state index contributed by atoms with van der Waals surface area (Å²) in [6, 6.07) is -0.446. The van der Waals surface area contributed by atoms with E-state index in [1.165, 1.54) is 0 Å². The van der Waals surface area contributed by atoms with Gasteiger partial charge in [0, 0.05) is 0 Å². The number of nitrogens with one attached hydrogen (secondary N) is 1. The van der Waals surface area contributed by atoms with E-state index >= 15 is 0 Å². The maximum atomic E-state index is 11.2. The van der Waals surface area contributed by atoms with Gasteiger partial charge in [-0.25, -0.2) is 0 Å². The molecule has 6 heteroatoms. The minimum atomic E-state index is -0.535. The zero-order valence-corrected chi connectivity index (χ0v) is 7.57. The molecule has 1 rings (SSSR count). The van der Waals surface area contributed by atoms with E-state index in [0.29, 0.717) is 12.2 Å². The van der Waals surface area contributed by atoms with E-state index in [-0.39, 0.29) is 11.9 Å². The SMILES string of the molecule is CCC(N)C(=O)Nc1nc(C)no1. The molecule has 0 spiro atoms. The van der Waals surface area contributed by atoms with Crippen molar-refractivity contribution in [1.29, 1.82) is 0 Å². The number of anilines is 1. The van der Waals surface area contributed by atoms with Gasteiger partial charge in [0.15, 0.2) is 5.82 Å². The number of hydrogen-bond acceptors (Lipinski definition) is 5. The molecule has 0 aliphatic carbocycles. The van der Waals surface area contributed by atoms with E-state index < -0.39 is 6.04 Å². The van der Waals surface area contributed by atoms with Crippen molar-refractivity contribution in [3.05, 3.63) is 5.82 Å². The van der Waals surface area contributed by atoms with Crippen LogP contribution in [0.3, 0.4) is 0 Å². The first-order valence-corrected chi connectivity index (χ1v) is 4.00. The molecule has 0 fully saturated rings. The molecule has 13 heavy (non-hydrogen) atoms. The van der Waals surface area contributed by atoms with Crippen LogP contribution in [-0.4, -0.2) is 22.1 Å². The lowest BCUT2D eigenvalue weighted by molar-refractivity contribution is -0.117. The largest absolute Gasteiger partial charge is 0.328 e. The normalized spacial score (nSPS) is 12.5. The molecule has 6 nitrogen and oxygen atoms in total. The predicted octanol–water partition coefficient (Wildman–Crippen LogP) is 0.0538. The van der Waals surface area contributed by atoms with E-state index in [4.69, 9.17) is 5.73 Å². The Morgan fingerprint density at radius 3 is 2.92 bits per heavy atom. The Hall–Kier alpha value is -1.43. The van der Waals surface area contributed by atoms with E-state index in [2.05, 4.69) is 20.0 Å². The lowest BCUT2D eigenvalue weighted by Crippen LogP contribution is -2.34. The van der Waals surface area contributed by atoms with Crippen LogP contribution in [0.15, 0.2) is 4.52 Å². The fourth-order valence-corrected chi connectivity index (χ4v) is 0.731. The second-order valence-electron chi connectivity index (χ2n) is 2.65. The van der Waals surface area contributed by atoms with E-state index in [0.717, 1.165) is 0 Å². The van der Waals surface area contributed by atoms with Crippen LogP contribution in [0.4, 0.5) is 6.01 Å². The molecular weight excluding hydrogens is 172 g/mol. The molecule has 0 saturated heterocycles. The number of carbonyl (C=O) groups excluding carboxylic acids is 1. The Bertz CT molecular complexity index is 296. The highest BCUT2D eigenvalue weighted by Gasteiger charge is 2.13. The minimum Gasteiger partial charge on any atom is -0.320 e. The van der Waals surface area contributed by atoms with Crippen molar-refractivity contribution in [3.63, 3.8) is 0 Å². The van der Waals surface area contributed by atoms with Gasteiger partial charge in [-0.05, 0) is 13.3 Å². The van der Waals surface area contributed by atoms with Crippen LogP contribution >= 0.6 is 0 Å². The molecule has 0 radical (unpaired) electrons. The Morgan fingerprint density at radius 2 is 2.46 bits per heavy atom. The van der Waals surface area contributed by atoms with E-state index in [9.17, 15) is 4.79 Å². The number of aryl methyl sites for hydroxylation is 1. The molecule has 0 saturated carbocycles. The first-order chi connectivity index (χ1) is 6.13. The smallest absolute Gasteiger partial charge is 0.320 e. The summed E-state index contributed by atoms with van der Waals surface area (Å²) in [5, 5.41) is 5.92. The van der Waals surface area contributed by atoms with Crippen molar-refractivity contribution in [2.24, 2.45) is 5.73 Å². The van der Waals surface area contributed by atoms with Crippen molar-refractivity contribution < 1.29 is 9.32 Å². The highest BCUT2D eigenvalue weighted by molar-refractivity contribution is 5.92. The maximum Gasteiger partial charge on any atom is 0.328 e. The molecule has 1 heterocycles. The Balaban J connectivity index is 2.54. The van der Waals surface area contributed by atoms with Gasteiger partial charge in [-0.2, -0.15) is 4.98 Å². The van der Waals surface area contributed by atoms with Gasteiger partial charge in [0.1, 0.15) is 0 Å². The second-order valence-corrected chi connectivity index (χ2v) is 2.65. The Morgan fingerprint density at radius 1 is 1.77 bits per heavy atom. The number of hydrogen-bond donors (Lipinski definition) is 2. The summed E-state index contributed by atoms with van der Waals surface area (Å²) >= 11 is 0. The molecular formula is C7H12N4O2. The van der Waals surface area contributed by atoms with Crippen LogP contribution in [0.25, 0.3) is 0 Å². The summed E-state index contributed by atoms with van der Waals surface area (Å²) < 4.78 is 4.68. The predicted molar refractivity (Wildman–Crippen MR) is 45.9 cm³/mol. The van der Waals surface area contributed by atoms with Gasteiger partial charge in [0.2, 0.25) is 5.91 Å². The lowest BCUT2D eigenvalue weighted by Gasteiger charge is -2.05. The molecule has 1 aromatic rings. The molecule has 0 aliphatic rings. The van der Waals surface area contributed by atoms with Crippen LogP contribution < -0.4 is 11.1 Å². The second kappa shape index (κ2) is 3.99. The summed E-state index contributed by atoms with van der Waals surface area (Å²) in [4.78, 5) is 15.0. The van der Waals surface area contributed by atoms with Crippen molar-refractivity contribution >= 4 is 11.9 Å². The molecule has 1 atom stereocenters. The van der Waals surface area contributed by atoms with Crippen LogP contribution in [0, 0.1) is 6.92 Å². The number of rotatable bonds is 3. The summed E-state index contributed by atoms with van der Waals surface area (Å²) in [7, 11) is 0. The van der Waals surface area contributed by atoms with Crippen molar-refractivity contribution in [2.45, 2.75) is 26.3 Å². The van der Waals surface area contributed by atoms with Crippen LogP contribution in [0.1, 0.15) is 19.2 Å². The van der Waals surface area contributed by atoms with Gasteiger partial charge in [-0.1, -0.05) is 12.1 Å². The molecule has 3 N–H and O–H groups in total. The molecule has 72 valence electrons. The zero-order chi connectivity index (χ0) is 9.84. The fourth-order valence-electron chi connectivity index (χ4n) is 0.731. The number of aromatic nitrogens is 2. The van der Waals surface area contributed by atoms with Gasteiger partial charge >= 0.3 is 6.01 Å². The van der Waals surface area contributed by atoms with Gasteiger partial charge in [0.25, 0.3) is 0 Å². The molecule has 1 aromatic heterocycles. The zero-order valence-electron chi connectivity index (χ0n) is 7.57. The highest BCUT2D eigenvalue weighted by Crippen LogP contribution is 2.02. The lowest BCUT2D eigenvalue weighted by atomic mass is 10.2. The van der Waals surface area contributed by atoms with Crippen LogP contribution in [0.5, 0.6) is 0 Å². The number of amides is 1. The average Bonchev–Trinajstić information content (AvgIpc) is 2.49. The van der Waals surface area contributed by atoms with Crippen molar-refractivity contribution in [3.8, 4) is 0 Å².